The molecule has 0 bridgehead atoms. The van der Waals surface area contributed by atoms with Gasteiger partial charge in [0.25, 0.3) is 0 Å². The predicted molar refractivity (Wildman–Crippen MR) is 83.4 cm³/mol. The maximum Gasteiger partial charge on any atom is 0.178 e. The Hall–Kier alpha value is -0.830. The fraction of sp³-hybridized carbons (Fsp3) is 0.588. The van der Waals surface area contributed by atoms with E-state index in [0.29, 0.717) is 4.90 Å². The Kier molecular flexibility index (Phi) is 5.64. The first kappa shape index (κ1) is 15.6. The van der Waals surface area contributed by atoms with Gasteiger partial charge in [-0.05, 0) is 50.7 Å². The molecular formula is C17H25O2S. The normalized spacial score (nSPS) is 17.2. The van der Waals surface area contributed by atoms with Gasteiger partial charge in [-0.15, -0.1) is 0 Å². The van der Waals surface area contributed by atoms with Gasteiger partial charge in [-0.3, -0.25) is 0 Å². The molecule has 0 aromatic heterocycles. The van der Waals surface area contributed by atoms with Crippen LogP contribution in [0.4, 0.5) is 0 Å². The average Bonchev–Trinajstić information content (AvgIpc) is 2.45. The van der Waals surface area contributed by atoms with E-state index in [0.717, 1.165) is 24.8 Å². The van der Waals surface area contributed by atoms with E-state index in [9.17, 15) is 8.42 Å². The first-order valence-corrected chi connectivity index (χ1v) is 9.36. The topological polar surface area (TPSA) is 34.1 Å². The summed E-state index contributed by atoms with van der Waals surface area (Å²) in [6.07, 6.45) is 9.48. The maximum absolute atomic E-state index is 12.2. The summed E-state index contributed by atoms with van der Waals surface area (Å²) < 4.78 is 24.4. The third kappa shape index (κ3) is 4.62. The van der Waals surface area contributed by atoms with Gasteiger partial charge in [0, 0.05) is 0 Å². The zero-order valence-corrected chi connectivity index (χ0v) is 13.2. The third-order valence-electron chi connectivity index (χ3n) is 4.13. The van der Waals surface area contributed by atoms with Gasteiger partial charge in [0.2, 0.25) is 0 Å². The van der Waals surface area contributed by atoms with Crippen LogP contribution in [0.1, 0.15) is 56.9 Å². The Balaban J connectivity index is 1.76. The summed E-state index contributed by atoms with van der Waals surface area (Å²) in [5.41, 5.74) is 1.10. The summed E-state index contributed by atoms with van der Waals surface area (Å²) in [6, 6.07) is 7.18. The van der Waals surface area contributed by atoms with Gasteiger partial charge in [0.1, 0.15) is 0 Å². The van der Waals surface area contributed by atoms with Crippen molar-refractivity contribution in [3.8, 4) is 0 Å². The van der Waals surface area contributed by atoms with Crippen LogP contribution < -0.4 is 0 Å². The Bertz CT molecular complexity index is 496. The minimum absolute atomic E-state index is 0.281. The summed E-state index contributed by atoms with van der Waals surface area (Å²) in [4.78, 5) is 0.466. The van der Waals surface area contributed by atoms with Gasteiger partial charge < -0.3 is 0 Å². The molecule has 0 heterocycles. The molecule has 0 N–H and O–H groups in total. The lowest BCUT2D eigenvalue weighted by Crippen LogP contribution is -2.08. The smallest absolute Gasteiger partial charge is 0.178 e. The van der Waals surface area contributed by atoms with Crippen LogP contribution in [0.3, 0.4) is 0 Å². The Labute approximate surface area is 123 Å². The fourth-order valence-corrected chi connectivity index (χ4v) is 4.20. The molecule has 0 saturated heterocycles. The molecule has 0 aliphatic heterocycles. The van der Waals surface area contributed by atoms with Crippen molar-refractivity contribution in [2.24, 2.45) is 0 Å². The molecule has 111 valence electrons. The first-order chi connectivity index (χ1) is 9.58. The van der Waals surface area contributed by atoms with E-state index < -0.39 is 9.84 Å². The van der Waals surface area contributed by atoms with Crippen LogP contribution in [0.15, 0.2) is 29.2 Å². The van der Waals surface area contributed by atoms with Gasteiger partial charge in [-0.25, -0.2) is 8.42 Å². The lowest BCUT2D eigenvalue weighted by Gasteiger charge is -2.20. The van der Waals surface area contributed by atoms with Crippen LogP contribution >= 0.6 is 0 Å². The SMILES string of the molecule is Cc1ccc(S(=O)(=O)CCCC[C]2CCCCC2)cc1. The Morgan fingerprint density at radius 2 is 1.60 bits per heavy atom. The van der Waals surface area contributed by atoms with Gasteiger partial charge in [-0.2, -0.15) is 0 Å². The summed E-state index contributed by atoms with van der Waals surface area (Å²) in [5, 5.41) is 0. The van der Waals surface area contributed by atoms with Crippen LogP contribution in [-0.4, -0.2) is 14.2 Å². The van der Waals surface area contributed by atoms with Crippen LogP contribution in [0.25, 0.3) is 0 Å². The molecule has 0 amide bonds. The predicted octanol–water partition coefficient (Wildman–Crippen LogP) is 4.48. The van der Waals surface area contributed by atoms with Crippen molar-refractivity contribution < 1.29 is 8.42 Å². The largest absolute Gasteiger partial charge is 0.224 e. The molecule has 2 nitrogen and oxygen atoms in total. The molecule has 0 spiro atoms. The summed E-state index contributed by atoms with van der Waals surface area (Å²) >= 11 is 0. The van der Waals surface area contributed by atoms with E-state index in [1.54, 1.807) is 18.1 Å². The maximum atomic E-state index is 12.2. The van der Waals surface area contributed by atoms with Crippen LogP contribution in [0.2, 0.25) is 0 Å². The molecule has 1 aromatic carbocycles. The second kappa shape index (κ2) is 7.26. The van der Waals surface area contributed by atoms with Gasteiger partial charge in [0.05, 0.1) is 10.6 Å². The summed E-state index contributed by atoms with van der Waals surface area (Å²) in [5.74, 6) is 1.94. The van der Waals surface area contributed by atoms with Crippen LogP contribution in [-0.2, 0) is 9.84 Å². The zero-order chi connectivity index (χ0) is 14.4. The van der Waals surface area contributed by atoms with Gasteiger partial charge in [0.15, 0.2) is 9.84 Å². The molecule has 1 aliphatic rings. The highest BCUT2D eigenvalue weighted by Gasteiger charge is 2.16. The number of unbranched alkanes of at least 4 members (excludes halogenated alkanes) is 1. The summed E-state index contributed by atoms with van der Waals surface area (Å²) in [7, 11) is -3.09. The molecule has 2 rings (SSSR count). The van der Waals surface area contributed by atoms with Crippen molar-refractivity contribution in [2.75, 3.05) is 5.75 Å². The molecule has 1 aromatic rings. The van der Waals surface area contributed by atoms with Crippen molar-refractivity contribution >= 4 is 9.84 Å². The summed E-state index contributed by atoms with van der Waals surface area (Å²) in [6.45, 7) is 1.97. The number of sulfone groups is 1. The second-order valence-corrected chi connectivity index (χ2v) is 8.01. The number of rotatable bonds is 6. The molecule has 3 heteroatoms. The first-order valence-electron chi connectivity index (χ1n) is 7.71. The fourth-order valence-electron chi connectivity index (χ4n) is 2.83. The van der Waals surface area contributed by atoms with Crippen LogP contribution in [0.5, 0.6) is 0 Å². The molecular weight excluding hydrogens is 268 g/mol. The number of benzene rings is 1. The highest BCUT2D eigenvalue weighted by molar-refractivity contribution is 7.91. The standard InChI is InChI=1S/C17H25O2S/c1-15-10-12-17(13-11-15)20(18,19)14-6-5-9-16-7-3-2-4-8-16/h10-13H,2-9,14H2,1H3. The Morgan fingerprint density at radius 1 is 0.950 bits per heavy atom. The van der Waals surface area contributed by atoms with E-state index in [4.69, 9.17) is 0 Å². The van der Waals surface area contributed by atoms with E-state index in [1.165, 1.54) is 32.1 Å². The molecule has 20 heavy (non-hydrogen) atoms. The molecule has 0 atom stereocenters. The number of hydrogen-bond acceptors (Lipinski definition) is 2. The quantitative estimate of drug-likeness (QED) is 0.725. The monoisotopic (exact) mass is 293 g/mol. The van der Waals surface area contributed by atoms with E-state index in [2.05, 4.69) is 0 Å². The molecule has 1 radical (unpaired) electrons. The third-order valence-corrected chi connectivity index (χ3v) is 5.95. The van der Waals surface area contributed by atoms with E-state index in [1.807, 2.05) is 19.1 Å². The van der Waals surface area contributed by atoms with Crippen molar-refractivity contribution in [1.82, 2.24) is 0 Å². The van der Waals surface area contributed by atoms with E-state index >= 15 is 0 Å². The Morgan fingerprint density at radius 3 is 2.25 bits per heavy atom. The van der Waals surface area contributed by atoms with Crippen molar-refractivity contribution in [3.05, 3.63) is 35.7 Å². The highest BCUT2D eigenvalue weighted by Crippen LogP contribution is 2.29. The minimum atomic E-state index is -3.09. The second-order valence-electron chi connectivity index (χ2n) is 5.90. The number of aryl methyl sites for hydroxylation is 1. The highest BCUT2D eigenvalue weighted by atomic mass is 32.2. The number of hydrogen-bond donors (Lipinski definition) is 0. The van der Waals surface area contributed by atoms with E-state index in [-0.39, 0.29) is 5.75 Å². The van der Waals surface area contributed by atoms with Gasteiger partial charge in [-0.1, -0.05) is 43.4 Å². The molecule has 1 aliphatic carbocycles. The lowest BCUT2D eigenvalue weighted by molar-refractivity contribution is 0.495. The molecule has 0 unspecified atom stereocenters. The minimum Gasteiger partial charge on any atom is -0.224 e. The van der Waals surface area contributed by atoms with Crippen molar-refractivity contribution in [1.29, 1.82) is 0 Å². The van der Waals surface area contributed by atoms with Crippen molar-refractivity contribution in [2.45, 2.75) is 63.2 Å². The zero-order valence-electron chi connectivity index (χ0n) is 12.4. The van der Waals surface area contributed by atoms with Gasteiger partial charge >= 0.3 is 0 Å². The average molecular weight is 293 g/mol. The lowest BCUT2D eigenvalue weighted by atomic mass is 9.86. The van der Waals surface area contributed by atoms with Crippen molar-refractivity contribution in [3.63, 3.8) is 0 Å². The molecule has 1 saturated carbocycles. The van der Waals surface area contributed by atoms with Crippen LogP contribution in [0, 0.1) is 12.8 Å². The molecule has 1 fully saturated rings.